The van der Waals surface area contributed by atoms with E-state index in [2.05, 4.69) is 16.0 Å². The summed E-state index contributed by atoms with van der Waals surface area (Å²) in [5.41, 5.74) is 1.20. The molecule has 0 radical (unpaired) electrons. The highest BCUT2D eigenvalue weighted by Gasteiger charge is 2.42. The standard InChI is InChI=1S/C24H31N3O4/c1-30-20-11-10-18(16-21(20)31-2)12-15-25-22(28)24(13-6-7-14-24)27-23(29)26-17-19-8-4-3-5-9-19/h3-5,8-11,16H,6-7,12-15,17H2,1-2H3,(H,25,28)(H2,26,27,29). The summed E-state index contributed by atoms with van der Waals surface area (Å²) < 4.78 is 10.6. The second-order valence-electron chi connectivity index (χ2n) is 7.78. The lowest BCUT2D eigenvalue weighted by Crippen LogP contribution is -2.59. The van der Waals surface area contributed by atoms with Crippen LogP contribution in [0.5, 0.6) is 11.5 Å². The zero-order chi connectivity index (χ0) is 22.1. The minimum Gasteiger partial charge on any atom is -0.493 e. The third-order valence-electron chi connectivity index (χ3n) is 5.69. The Kier molecular flexibility index (Phi) is 7.76. The first-order valence-electron chi connectivity index (χ1n) is 10.7. The summed E-state index contributed by atoms with van der Waals surface area (Å²) in [6.45, 7) is 0.896. The Morgan fingerprint density at radius 3 is 2.29 bits per heavy atom. The van der Waals surface area contributed by atoms with Gasteiger partial charge in [0.15, 0.2) is 11.5 Å². The lowest BCUT2D eigenvalue weighted by atomic mass is 9.96. The molecule has 166 valence electrons. The fourth-order valence-corrected chi connectivity index (χ4v) is 3.95. The van der Waals surface area contributed by atoms with Gasteiger partial charge in [0, 0.05) is 13.1 Å². The van der Waals surface area contributed by atoms with E-state index in [0.29, 0.717) is 43.9 Å². The van der Waals surface area contributed by atoms with Crippen LogP contribution in [0.3, 0.4) is 0 Å². The molecule has 3 N–H and O–H groups in total. The van der Waals surface area contributed by atoms with Gasteiger partial charge in [-0.15, -0.1) is 0 Å². The average molecular weight is 426 g/mol. The molecule has 2 aromatic carbocycles. The molecule has 0 atom stereocenters. The minimum atomic E-state index is -0.849. The van der Waals surface area contributed by atoms with Gasteiger partial charge in [0.25, 0.3) is 0 Å². The average Bonchev–Trinajstić information content (AvgIpc) is 3.28. The first kappa shape index (κ1) is 22.5. The molecule has 0 bridgehead atoms. The van der Waals surface area contributed by atoms with E-state index in [1.165, 1.54) is 0 Å². The van der Waals surface area contributed by atoms with Gasteiger partial charge in [-0.3, -0.25) is 4.79 Å². The van der Waals surface area contributed by atoms with Gasteiger partial charge in [0.2, 0.25) is 5.91 Å². The Hall–Kier alpha value is -3.22. The van der Waals surface area contributed by atoms with Crippen LogP contribution < -0.4 is 25.4 Å². The van der Waals surface area contributed by atoms with Crippen molar-refractivity contribution in [3.63, 3.8) is 0 Å². The zero-order valence-corrected chi connectivity index (χ0v) is 18.2. The summed E-state index contributed by atoms with van der Waals surface area (Å²) in [6.07, 6.45) is 3.79. The summed E-state index contributed by atoms with van der Waals surface area (Å²) >= 11 is 0. The number of carbonyl (C=O) groups excluding carboxylic acids is 2. The fraction of sp³-hybridized carbons (Fsp3) is 0.417. The molecule has 1 saturated carbocycles. The Balaban J connectivity index is 1.53. The molecule has 3 amide bonds. The number of urea groups is 1. The highest BCUT2D eigenvalue weighted by molar-refractivity contribution is 5.91. The fourth-order valence-electron chi connectivity index (χ4n) is 3.95. The Morgan fingerprint density at radius 1 is 0.903 bits per heavy atom. The largest absolute Gasteiger partial charge is 0.493 e. The van der Waals surface area contributed by atoms with Gasteiger partial charge in [0.05, 0.1) is 14.2 Å². The maximum absolute atomic E-state index is 13.0. The van der Waals surface area contributed by atoms with Crippen LogP contribution >= 0.6 is 0 Å². The maximum atomic E-state index is 13.0. The van der Waals surface area contributed by atoms with Gasteiger partial charge in [-0.25, -0.2) is 4.79 Å². The van der Waals surface area contributed by atoms with Crippen LogP contribution in [0.4, 0.5) is 4.79 Å². The third-order valence-corrected chi connectivity index (χ3v) is 5.69. The van der Waals surface area contributed by atoms with E-state index in [1.54, 1.807) is 14.2 Å². The van der Waals surface area contributed by atoms with Crippen LogP contribution in [-0.4, -0.2) is 38.2 Å². The summed E-state index contributed by atoms with van der Waals surface area (Å²) in [7, 11) is 3.20. The van der Waals surface area contributed by atoms with Gasteiger partial charge >= 0.3 is 6.03 Å². The topological polar surface area (TPSA) is 88.7 Å². The van der Waals surface area contributed by atoms with Crippen molar-refractivity contribution in [1.29, 1.82) is 0 Å². The van der Waals surface area contributed by atoms with Crippen LogP contribution in [0.25, 0.3) is 0 Å². The van der Waals surface area contributed by atoms with Crippen molar-refractivity contribution in [3.05, 3.63) is 59.7 Å². The molecule has 7 heteroatoms. The SMILES string of the molecule is COc1ccc(CCNC(=O)C2(NC(=O)NCc3ccccc3)CCCC2)cc1OC. The summed E-state index contributed by atoms with van der Waals surface area (Å²) in [5.74, 6) is 1.21. The van der Waals surface area contributed by atoms with Crippen LogP contribution in [0.2, 0.25) is 0 Å². The highest BCUT2D eigenvalue weighted by atomic mass is 16.5. The van der Waals surface area contributed by atoms with Crippen LogP contribution in [-0.2, 0) is 17.8 Å². The monoisotopic (exact) mass is 425 g/mol. The predicted molar refractivity (Wildman–Crippen MR) is 119 cm³/mol. The smallest absolute Gasteiger partial charge is 0.315 e. The van der Waals surface area contributed by atoms with Crippen molar-refractivity contribution in [2.75, 3.05) is 20.8 Å². The van der Waals surface area contributed by atoms with E-state index in [-0.39, 0.29) is 11.9 Å². The van der Waals surface area contributed by atoms with Crippen LogP contribution in [0.15, 0.2) is 48.5 Å². The number of methoxy groups -OCH3 is 2. The summed E-state index contributed by atoms with van der Waals surface area (Å²) in [6, 6.07) is 15.1. The van der Waals surface area contributed by atoms with Crippen molar-refractivity contribution >= 4 is 11.9 Å². The molecule has 31 heavy (non-hydrogen) atoms. The second-order valence-corrected chi connectivity index (χ2v) is 7.78. The van der Waals surface area contributed by atoms with Gasteiger partial charge in [0.1, 0.15) is 5.54 Å². The molecule has 1 aliphatic carbocycles. The van der Waals surface area contributed by atoms with Crippen molar-refractivity contribution in [2.45, 2.75) is 44.2 Å². The molecule has 1 aliphatic rings. The Bertz CT molecular complexity index is 880. The lowest BCUT2D eigenvalue weighted by molar-refractivity contribution is -0.127. The number of rotatable bonds is 9. The van der Waals surface area contributed by atoms with Crippen molar-refractivity contribution < 1.29 is 19.1 Å². The summed E-state index contributed by atoms with van der Waals surface area (Å²) in [5, 5.41) is 8.81. The number of nitrogens with one attached hydrogen (secondary N) is 3. The number of hydrogen-bond donors (Lipinski definition) is 3. The van der Waals surface area contributed by atoms with Crippen LogP contribution in [0.1, 0.15) is 36.8 Å². The molecule has 0 aliphatic heterocycles. The molecule has 7 nitrogen and oxygen atoms in total. The van der Waals surface area contributed by atoms with Crippen LogP contribution in [0, 0.1) is 0 Å². The number of hydrogen-bond acceptors (Lipinski definition) is 4. The van der Waals surface area contributed by atoms with E-state index in [9.17, 15) is 9.59 Å². The number of benzene rings is 2. The predicted octanol–water partition coefficient (Wildman–Crippen LogP) is 3.17. The van der Waals surface area contributed by atoms with Crippen molar-refractivity contribution in [3.8, 4) is 11.5 Å². The number of ether oxygens (including phenoxy) is 2. The normalized spacial score (nSPS) is 14.5. The first-order valence-corrected chi connectivity index (χ1v) is 10.7. The van der Waals surface area contributed by atoms with Crippen molar-refractivity contribution in [2.24, 2.45) is 0 Å². The minimum absolute atomic E-state index is 0.125. The van der Waals surface area contributed by atoms with Crippen molar-refractivity contribution in [1.82, 2.24) is 16.0 Å². The number of carbonyl (C=O) groups is 2. The maximum Gasteiger partial charge on any atom is 0.315 e. The molecule has 1 fully saturated rings. The number of amides is 3. The first-order chi connectivity index (χ1) is 15.1. The molecule has 0 heterocycles. The van der Waals surface area contributed by atoms with E-state index in [0.717, 1.165) is 24.0 Å². The molecular formula is C24H31N3O4. The van der Waals surface area contributed by atoms with Gasteiger partial charge in [-0.05, 0) is 42.5 Å². The molecule has 0 unspecified atom stereocenters. The second kappa shape index (κ2) is 10.7. The van der Waals surface area contributed by atoms with E-state index in [1.807, 2.05) is 48.5 Å². The molecule has 0 aromatic heterocycles. The highest BCUT2D eigenvalue weighted by Crippen LogP contribution is 2.30. The molecule has 0 saturated heterocycles. The lowest BCUT2D eigenvalue weighted by Gasteiger charge is -2.29. The molecule has 2 aromatic rings. The zero-order valence-electron chi connectivity index (χ0n) is 18.2. The Labute approximate surface area is 183 Å². The van der Waals surface area contributed by atoms with E-state index < -0.39 is 5.54 Å². The summed E-state index contributed by atoms with van der Waals surface area (Å²) in [4.78, 5) is 25.5. The molecular weight excluding hydrogens is 394 g/mol. The third kappa shape index (κ3) is 5.90. The van der Waals surface area contributed by atoms with Gasteiger partial charge < -0.3 is 25.4 Å². The molecule has 0 spiro atoms. The van der Waals surface area contributed by atoms with E-state index >= 15 is 0 Å². The Morgan fingerprint density at radius 2 is 1.61 bits per heavy atom. The quantitative estimate of drug-likeness (QED) is 0.576. The van der Waals surface area contributed by atoms with Gasteiger partial charge in [-0.2, -0.15) is 0 Å². The van der Waals surface area contributed by atoms with E-state index in [4.69, 9.17) is 9.47 Å². The molecule has 3 rings (SSSR count). The van der Waals surface area contributed by atoms with Gasteiger partial charge in [-0.1, -0.05) is 49.2 Å².